The maximum absolute atomic E-state index is 10.5. The summed E-state index contributed by atoms with van der Waals surface area (Å²) in [5, 5.41) is 30.2. The molecule has 9 heteroatoms. The van der Waals surface area contributed by atoms with E-state index in [1.54, 1.807) is 0 Å². The Bertz CT molecular complexity index is 451. The molecule has 0 spiro atoms. The van der Waals surface area contributed by atoms with Crippen molar-refractivity contribution >= 4 is 56.4 Å². The molecule has 0 aromatic heterocycles. The van der Waals surface area contributed by atoms with Crippen molar-refractivity contribution in [2.75, 3.05) is 0 Å². The number of nitrogens with zero attached hydrogens (tertiary/aromatic N) is 1. The first-order valence-corrected chi connectivity index (χ1v) is 7.01. The summed E-state index contributed by atoms with van der Waals surface area (Å²) in [6.07, 6.45) is -2.64. The van der Waals surface area contributed by atoms with E-state index in [0.717, 1.165) is 0 Å². The van der Waals surface area contributed by atoms with Gasteiger partial charge in [0.25, 0.3) is 5.69 Å². The molecular formula is C10H9BrCl3NO4. The van der Waals surface area contributed by atoms with Gasteiger partial charge in [-0.15, -0.1) is 0 Å². The zero-order valence-corrected chi connectivity index (χ0v) is 13.1. The smallest absolute Gasteiger partial charge is 0.269 e. The summed E-state index contributed by atoms with van der Waals surface area (Å²) < 4.78 is -1.96. The second kappa shape index (κ2) is 6.56. The summed E-state index contributed by atoms with van der Waals surface area (Å²) in [5.74, 6) is 0. The third-order valence-electron chi connectivity index (χ3n) is 2.38. The van der Waals surface area contributed by atoms with E-state index in [4.69, 9.17) is 34.8 Å². The predicted octanol–water partition coefficient (Wildman–Crippen LogP) is 3.12. The molecule has 0 saturated heterocycles. The van der Waals surface area contributed by atoms with Crippen molar-refractivity contribution in [1.29, 1.82) is 0 Å². The van der Waals surface area contributed by atoms with Crippen molar-refractivity contribution in [2.24, 2.45) is 0 Å². The molecule has 106 valence electrons. The number of nitro groups is 1. The second-order valence-electron chi connectivity index (χ2n) is 3.72. The maximum atomic E-state index is 10.5. The van der Waals surface area contributed by atoms with Crippen molar-refractivity contribution in [3.63, 3.8) is 0 Å². The first-order chi connectivity index (χ1) is 8.64. The molecule has 0 radical (unpaired) electrons. The Labute approximate surface area is 132 Å². The molecule has 5 nitrogen and oxygen atoms in total. The number of aliphatic hydroxyl groups excluding tert-OH is 2. The maximum Gasteiger partial charge on any atom is 0.269 e. The molecule has 2 N–H and O–H groups in total. The second-order valence-corrected chi connectivity index (χ2v) is 7.15. The lowest BCUT2D eigenvalue weighted by atomic mass is 10.0. The fraction of sp³-hybridized carbons (Fsp3) is 0.400. The van der Waals surface area contributed by atoms with Gasteiger partial charge in [-0.3, -0.25) is 10.1 Å². The van der Waals surface area contributed by atoms with Crippen LogP contribution in [0.4, 0.5) is 5.69 Å². The molecule has 0 aliphatic carbocycles. The quantitative estimate of drug-likeness (QED) is 0.468. The van der Waals surface area contributed by atoms with E-state index < -0.39 is 25.8 Å². The average molecular weight is 393 g/mol. The van der Waals surface area contributed by atoms with Gasteiger partial charge in [-0.25, -0.2) is 0 Å². The van der Waals surface area contributed by atoms with Crippen LogP contribution in [0.15, 0.2) is 24.3 Å². The fourth-order valence-electron chi connectivity index (χ4n) is 1.33. The van der Waals surface area contributed by atoms with E-state index in [9.17, 15) is 20.3 Å². The lowest BCUT2D eigenvalue weighted by Crippen LogP contribution is -2.37. The van der Waals surface area contributed by atoms with Crippen LogP contribution < -0.4 is 0 Å². The molecule has 19 heavy (non-hydrogen) atoms. The molecule has 1 aromatic rings. The van der Waals surface area contributed by atoms with Crippen molar-refractivity contribution in [3.8, 4) is 0 Å². The van der Waals surface area contributed by atoms with Crippen molar-refractivity contribution in [3.05, 3.63) is 39.9 Å². The lowest BCUT2D eigenvalue weighted by molar-refractivity contribution is -0.384. The van der Waals surface area contributed by atoms with Crippen molar-refractivity contribution < 1.29 is 15.1 Å². The zero-order valence-electron chi connectivity index (χ0n) is 9.21. The monoisotopic (exact) mass is 391 g/mol. The Morgan fingerprint density at radius 1 is 1.21 bits per heavy atom. The SMILES string of the molecule is O=[N+]([O-])c1ccc([C@H](O)[C@@H](Br)[C@H](O)C(Cl)(Cl)Cl)cc1. The van der Waals surface area contributed by atoms with Gasteiger partial charge in [0.2, 0.25) is 3.79 Å². The number of hydrogen-bond acceptors (Lipinski definition) is 4. The number of benzene rings is 1. The molecule has 0 aliphatic rings. The Hall–Kier alpha value is -0.110. The number of alkyl halides is 4. The van der Waals surface area contributed by atoms with E-state index in [0.29, 0.717) is 5.56 Å². The third kappa shape index (κ3) is 4.44. The van der Waals surface area contributed by atoms with Gasteiger partial charge in [0.05, 0.1) is 15.9 Å². The number of non-ortho nitro benzene ring substituents is 1. The summed E-state index contributed by atoms with van der Waals surface area (Å²) in [6.45, 7) is 0. The van der Waals surface area contributed by atoms with Gasteiger partial charge < -0.3 is 10.2 Å². The number of hydrogen-bond donors (Lipinski definition) is 2. The van der Waals surface area contributed by atoms with E-state index in [-0.39, 0.29) is 5.69 Å². The van der Waals surface area contributed by atoms with Gasteiger partial charge in [0, 0.05) is 12.1 Å². The minimum absolute atomic E-state index is 0.107. The molecule has 0 bridgehead atoms. The molecule has 0 heterocycles. The molecule has 0 saturated carbocycles. The summed E-state index contributed by atoms with van der Waals surface area (Å²) in [5.41, 5.74) is 0.241. The van der Waals surface area contributed by atoms with Crippen LogP contribution in [-0.4, -0.2) is 29.9 Å². The average Bonchev–Trinajstić information content (AvgIpc) is 2.35. The normalized spacial score (nSPS) is 16.7. The highest BCUT2D eigenvalue weighted by Gasteiger charge is 2.39. The van der Waals surface area contributed by atoms with E-state index in [1.807, 2.05) is 0 Å². The summed E-state index contributed by atoms with van der Waals surface area (Å²) in [4.78, 5) is 9.00. The highest BCUT2D eigenvalue weighted by molar-refractivity contribution is 9.09. The number of halogens is 4. The van der Waals surface area contributed by atoms with Crippen LogP contribution in [0.2, 0.25) is 0 Å². The standard InChI is InChI=1S/C10H9BrCl3NO4/c11-7(9(17)10(12,13)14)8(16)5-1-3-6(4-2-5)15(18)19/h1-4,7-9,16-17H/t7-,8+,9+/m1/s1. The van der Waals surface area contributed by atoms with E-state index in [1.165, 1.54) is 24.3 Å². The first kappa shape index (κ1) is 16.9. The molecule has 1 rings (SSSR count). The summed E-state index contributed by atoms with van der Waals surface area (Å²) in [7, 11) is 0. The van der Waals surface area contributed by atoms with Gasteiger partial charge in [0.1, 0.15) is 6.10 Å². The number of nitro benzene ring substituents is 1. The molecule has 0 amide bonds. The van der Waals surface area contributed by atoms with E-state index in [2.05, 4.69) is 15.9 Å². The Kier molecular flexibility index (Phi) is 5.85. The van der Waals surface area contributed by atoms with Crippen molar-refractivity contribution in [2.45, 2.75) is 20.8 Å². The summed E-state index contributed by atoms with van der Waals surface area (Å²) in [6, 6.07) is 5.20. The Morgan fingerprint density at radius 2 is 1.68 bits per heavy atom. The molecule has 0 unspecified atom stereocenters. The molecule has 3 atom stereocenters. The van der Waals surface area contributed by atoms with Crippen molar-refractivity contribution in [1.82, 2.24) is 0 Å². The topological polar surface area (TPSA) is 83.6 Å². The minimum Gasteiger partial charge on any atom is -0.387 e. The van der Waals surface area contributed by atoms with Gasteiger partial charge >= 0.3 is 0 Å². The molecule has 0 fully saturated rings. The highest BCUT2D eigenvalue weighted by Crippen LogP contribution is 2.38. The van der Waals surface area contributed by atoms with Crippen LogP contribution in [0, 0.1) is 10.1 Å². The lowest BCUT2D eigenvalue weighted by Gasteiger charge is -2.27. The molecule has 1 aromatic carbocycles. The van der Waals surface area contributed by atoms with Crippen LogP contribution in [0.3, 0.4) is 0 Å². The van der Waals surface area contributed by atoms with Crippen LogP contribution >= 0.6 is 50.7 Å². The van der Waals surface area contributed by atoms with Crippen LogP contribution in [0.5, 0.6) is 0 Å². The fourth-order valence-corrected chi connectivity index (χ4v) is 2.90. The highest BCUT2D eigenvalue weighted by atomic mass is 79.9. The number of rotatable bonds is 4. The van der Waals surface area contributed by atoms with Gasteiger partial charge in [0.15, 0.2) is 0 Å². The van der Waals surface area contributed by atoms with Crippen LogP contribution in [0.25, 0.3) is 0 Å². The molecular weight excluding hydrogens is 384 g/mol. The Balaban J connectivity index is 2.88. The van der Waals surface area contributed by atoms with Crippen LogP contribution in [-0.2, 0) is 0 Å². The Morgan fingerprint density at radius 3 is 2.05 bits per heavy atom. The predicted molar refractivity (Wildman–Crippen MR) is 77.1 cm³/mol. The largest absolute Gasteiger partial charge is 0.387 e. The zero-order chi connectivity index (χ0) is 14.8. The molecule has 0 aliphatic heterocycles. The van der Waals surface area contributed by atoms with Crippen LogP contribution in [0.1, 0.15) is 11.7 Å². The van der Waals surface area contributed by atoms with Gasteiger partial charge in [-0.05, 0) is 17.7 Å². The van der Waals surface area contributed by atoms with E-state index >= 15 is 0 Å². The summed E-state index contributed by atoms with van der Waals surface area (Å²) >= 11 is 19.6. The number of aliphatic hydroxyl groups is 2. The third-order valence-corrected chi connectivity index (χ3v) is 4.06. The minimum atomic E-state index is -1.96. The van der Waals surface area contributed by atoms with Gasteiger partial charge in [-0.2, -0.15) is 0 Å². The van der Waals surface area contributed by atoms with Gasteiger partial charge in [-0.1, -0.05) is 50.7 Å². The first-order valence-electron chi connectivity index (χ1n) is 4.96.